The number of hydrogen-bond acceptors (Lipinski definition) is 5. The number of benzene rings is 3. The van der Waals surface area contributed by atoms with Crippen molar-refractivity contribution in [2.75, 3.05) is 12.3 Å². The van der Waals surface area contributed by atoms with Crippen LogP contribution in [0.2, 0.25) is 0 Å². The maximum absolute atomic E-state index is 14.0. The monoisotopic (exact) mass is 419 g/mol. The minimum atomic E-state index is -0.337. The number of aromatic nitrogens is 6. The number of nitrogens with zero attached hydrogens (tertiary/aromatic N) is 4. The first-order valence-corrected chi connectivity index (χ1v) is 9.58. The van der Waals surface area contributed by atoms with Gasteiger partial charge in [-0.05, 0) is 47.7 Å². The second-order valence-electron chi connectivity index (χ2n) is 7.27. The van der Waals surface area contributed by atoms with Crippen LogP contribution in [0.25, 0.3) is 43.6 Å². The summed E-state index contributed by atoms with van der Waals surface area (Å²) in [5, 5.41) is 14.4. The van der Waals surface area contributed by atoms with Crippen molar-refractivity contribution < 1.29 is 13.5 Å². The zero-order chi connectivity index (χ0) is 21.1. The molecule has 3 aromatic carbocycles. The predicted molar refractivity (Wildman–Crippen MR) is 113 cm³/mol. The van der Waals surface area contributed by atoms with Crippen LogP contribution in [0.4, 0.5) is 14.7 Å². The van der Waals surface area contributed by atoms with Gasteiger partial charge in [-0.15, -0.1) is 5.10 Å². The average Bonchev–Trinajstić information content (AvgIpc) is 3.43. The smallest absolute Gasteiger partial charge is 0.260 e. The summed E-state index contributed by atoms with van der Waals surface area (Å²) in [6, 6.07) is 11.0. The first-order chi connectivity index (χ1) is 15.1. The lowest BCUT2D eigenvalue weighted by Crippen LogP contribution is -2.11. The molecule has 0 unspecified atom stereocenters. The van der Waals surface area contributed by atoms with Crippen molar-refractivity contribution in [1.82, 2.24) is 30.2 Å². The van der Waals surface area contributed by atoms with E-state index in [9.17, 15) is 8.78 Å². The fourth-order valence-corrected chi connectivity index (χ4v) is 4.02. The number of anilines is 1. The molecule has 3 aromatic heterocycles. The van der Waals surface area contributed by atoms with Crippen LogP contribution in [0.3, 0.4) is 0 Å². The highest BCUT2D eigenvalue weighted by Gasteiger charge is 2.18. The minimum absolute atomic E-state index is 0.0831. The number of nitrogens with two attached hydrogens (primary N) is 1. The maximum Gasteiger partial charge on any atom is 0.260 e. The number of aromatic amines is 2. The Morgan fingerprint density at radius 1 is 0.871 bits per heavy atom. The van der Waals surface area contributed by atoms with Gasteiger partial charge in [0.1, 0.15) is 18.2 Å². The maximum atomic E-state index is 14.0. The minimum Gasteiger partial charge on any atom is -0.487 e. The molecule has 154 valence electrons. The third-order valence-corrected chi connectivity index (χ3v) is 5.35. The van der Waals surface area contributed by atoms with Gasteiger partial charge in [-0.3, -0.25) is 0 Å². The summed E-state index contributed by atoms with van der Waals surface area (Å²) in [5.74, 6) is -0.0415. The van der Waals surface area contributed by atoms with Crippen LogP contribution >= 0.6 is 0 Å². The largest absolute Gasteiger partial charge is 0.487 e. The highest BCUT2D eigenvalue weighted by molar-refractivity contribution is 6.20. The predicted octanol–water partition coefficient (Wildman–Crippen LogP) is 3.88. The summed E-state index contributed by atoms with van der Waals surface area (Å²) >= 11 is 0. The number of tetrazole rings is 1. The zero-order valence-electron chi connectivity index (χ0n) is 16.0. The summed E-state index contributed by atoms with van der Waals surface area (Å²) in [6.45, 7) is 0.559. The standard InChI is InChI=1S/C21H15F2N7O/c22-10-1-3-16-12(7-10)14-9-15-13-8-11(23)2-4-17(13)26-19(15)20(18(14)25-16)31-6-5-30-28-21(24)27-29-30/h1-4,7-9,25-26H,5-6H2,(H2,24,28). The lowest BCUT2D eigenvalue weighted by molar-refractivity contribution is 0.285. The van der Waals surface area contributed by atoms with Gasteiger partial charge in [0.2, 0.25) is 0 Å². The van der Waals surface area contributed by atoms with Gasteiger partial charge in [-0.1, -0.05) is 5.10 Å². The van der Waals surface area contributed by atoms with Crippen LogP contribution in [0.5, 0.6) is 5.75 Å². The number of nitrogens with one attached hydrogen (secondary N) is 2. The SMILES string of the molecule is Nc1nnn(CCOc2c3[nH]c4ccc(F)cc4c3cc3c2[nH]c2ccc(F)cc23)n1. The van der Waals surface area contributed by atoms with Crippen LogP contribution < -0.4 is 10.5 Å². The van der Waals surface area contributed by atoms with Gasteiger partial charge in [-0.25, -0.2) is 8.78 Å². The third kappa shape index (κ3) is 2.75. The molecule has 6 aromatic rings. The lowest BCUT2D eigenvalue weighted by Gasteiger charge is -2.09. The average molecular weight is 419 g/mol. The molecule has 0 saturated carbocycles. The van der Waals surface area contributed by atoms with E-state index in [1.165, 1.54) is 29.1 Å². The molecule has 0 bridgehead atoms. The summed E-state index contributed by atoms with van der Waals surface area (Å²) in [4.78, 5) is 7.98. The molecule has 0 atom stereocenters. The Hall–Kier alpha value is -4.21. The Morgan fingerprint density at radius 3 is 2.03 bits per heavy atom. The van der Waals surface area contributed by atoms with Crippen LogP contribution in [-0.4, -0.2) is 36.8 Å². The van der Waals surface area contributed by atoms with E-state index in [-0.39, 0.29) is 24.2 Å². The zero-order valence-corrected chi connectivity index (χ0v) is 16.0. The molecule has 0 saturated heterocycles. The van der Waals surface area contributed by atoms with E-state index in [0.717, 1.165) is 32.6 Å². The Labute approximate surface area is 172 Å². The number of halogens is 2. The topological polar surface area (TPSA) is 110 Å². The molecule has 8 nitrogen and oxygen atoms in total. The fraction of sp³-hybridized carbons (Fsp3) is 0.0952. The second-order valence-corrected chi connectivity index (χ2v) is 7.27. The van der Waals surface area contributed by atoms with Crippen molar-refractivity contribution in [2.45, 2.75) is 6.54 Å². The molecule has 0 amide bonds. The molecule has 0 aliphatic heterocycles. The summed E-state index contributed by atoms with van der Waals surface area (Å²) < 4.78 is 34.1. The molecule has 0 fully saturated rings. The molecule has 6 rings (SSSR count). The quantitative estimate of drug-likeness (QED) is 0.402. The summed E-state index contributed by atoms with van der Waals surface area (Å²) in [5.41, 5.74) is 8.48. The van der Waals surface area contributed by atoms with Crippen molar-refractivity contribution in [1.29, 1.82) is 0 Å². The normalized spacial score (nSPS) is 11.9. The number of rotatable bonds is 4. The molecule has 0 aliphatic rings. The Kier molecular flexibility index (Phi) is 3.64. The van der Waals surface area contributed by atoms with E-state index in [2.05, 4.69) is 25.4 Å². The summed E-state index contributed by atoms with van der Waals surface area (Å²) in [7, 11) is 0. The first kappa shape index (κ1) is 17.6. The van der Waals surface area contributed by atoms with E-state index < -0.39 is 0 Å². The molecule has 0 radical (unpaired) electrons. The van der Waals surface area contributed by atoms with E-state index >= 15 is 0 Å². The van der Waals surface area contributed by atoms with E-state index in [0.29, 0.717) is 23.3 Å². The molecule has 3 heterocycles. The van der Waals surface area contributed by atoms with E-state index in [1.54, 1.807) is 12.1 Å². The van der Waals surface area contributed by atoms with Crippen LogP contribution in [0.1, 0.15) is 0 Å². The van der Waals surface area contributed by atoms with Crippen LogP contribution in [-0.2, 0) is 6.54 Å². The molecular weight excluding hydrogens is 404 g/mol. The van der Waals surface area contributed by atoms with Crippen LogP contribution in [0.15, 0.2) is 42.5 Å². The third-order valence-electron chi connectivity index (χ3n) is 5.35. The Balaban J connectivity index is 1.58. The van der Waals surface area contributed by atoms with Crippen molar-refractivity contribution in [2.24, 2.45) is 0 Å². The van der Waals surface area contributed by atoms with Gasteiger partial charge in [-0.2, -0.15) is 4.80 Å². The number of ether oxygens (including phenoxy) is 1. The summed E-state index contributed by atoms with van der Waals surface area (Å²) in [6.07, 6.45) is 0. The first-order valence-electron chi connectivity index (χ1n) is 9.58. The van der Waals surface area contributed by atoms with Gasteiger partial charge < -0.3 is 20.4 Å². The molecular formula is C21H15F2N7O. The highest BCUT2D eigenvalue weighted by Crippen LogP contribution is 2.41. The van der Waals surface area contributed by atoms with Crippen molar-refractivity contribution in [3.63, 3.8) is 0 Å². The Bertz CT molecular complexity index is 1520. The Morgan fingerprint density at radius 2 is 1.48 bits per heavy atom. The second kappa shape index (κ2) is 6.39. The molecule has 0 aliphatic carbocycles. The lowest BCUT2D eigenvalue weighted by atomic mass is 10.1. The molecule has 0 spiro atoms. The van der Waals surface area contributed by atoms with Crippen molar-refractivity contribution in [3.8, 4) is 5.75 Å². The van der Waals surface area contributed by atoms with Gasteiger partial charge in [0, 0.05) is 32.6 Å². The number of hydrogen-bond donors (Lipinski definition) is 3. The van der Waals surface area contributed by atoms with Gasteiger partial charge >= 0.3 is 0 Å². The van der Waals surface area contributed by atoms with Crippen LogP contribution in [0, 0.1) is 11.6 Å². The van der Waals surface area contributed by atoms with Gasteiger partial charge in [0.05, 0.1) is 17.6 Å². The molecule has 31 heavy (non-hydrogen) atoms. The number of fused-ring (bicyclic) bond motifs is 6. The number of nitrogen functional groups attached to an aromatic ring is 1. The molecule has 4 N–H and O–H groups in total. The van der Waals surface area contributed by atoms with E-state index in [4.69, 9.17) is 10.5 Å². The van der Waals surface area contributed by atoms with Crippen molar-refractivity contribution in [3.05, 3.63) is 54.1 Å². The highest BCUT2D eigenvalue weighted by atomic mass is 19.1. The molecule has 10 heteroatoms. The van der Waals surface area contributed by atoms with Gasteiger partial charge in [0.25, 0.3) is 5.95 Å². The van der Waals surface area contributed by atoms with Gasteiger partial charge in [0.15, 0.2) is 5.75 Å². The fourth-order valence-electron chi connectivity index (χ4n) is 4.02. The number of H-pyrrole nitrogens is 2. The van der Waals surface area contributed by atoms with E-state index in [1.807, 2.05) is 6.07 Å². The van der Waals surface area contributed by atoms with Crippen molar-refractivity contribution >= 4 is 49.6 Å².